The second-order valence-corrected chi connectivity index (χ2v) is 13.3. The molecule has 9 heteroatoms. The molecule has 208 valence electrons. The van der Waals surface area contributed by atoms with Gasteiger partial charge in [-0.05, 0) is 22.5 Å². The Bertz CT molecular complexity index is 1150. The molecule has 0 bridgehead atoms. The van der Waals surface area contributed by atoms with Gasteiger partial charge in [0.2, 0.25) is 11.8 Å². The lowest BCUT2D eigenvalue weighted by atomic mass is 9.84. The van der Waals surface area contributed by atoms with Crippen LogP contribution in [0, 0.1) is 10.8 Å². The summed E-state index contributed by atoms with van der Waals surface area (Å²) < 4.78 is 0. The zero-order valence-corrected chi connectivity index (χ0v) is 24.3. The fraction of sp³-hybridized carbons (Fsp3) is 0.586. The van der Waals surface area contributed by atoms with E-state index in [2.05, 4.69) is 10.3 Å². The lowest BCUT2D eigenvalue weighted by molar-refractivity contribution is -0.144. The maximum atomic E-state index is 13.7. The first-order valence-corrected chi connectivity index (χ1v) is 14.0. The van der Waals surface area contributed by atoms with Crippen molar-refractivity contribution in [3.63, 3.8) is 0 Å². The fourth-order valence-corrected chi connectivity index (χ4v) is 5.47. The van der Waals surface area contributed by atoms with Crippen LogP contribution in [0.5, 0.6) is 0 Å². The molecule has 2 aromatic rings. The van der Waals surface area contributed by atoms with Gasteiger partial charge in [-0.15, -0.1) is 11.3 Å². The minimum Gasteiger partial charge on any atom is -0.391 e. The van der Waals surface area contributed by atoms with Crippen molar-refractivity contribution < 1.29 is 24.6 Å². The van der Waals surface area contributed by atoms with Crippen LogP contribution >= 0.6 is 11.3 Å². The highest BCUT2D eigenvalue weighted by molar-refractivity contribution is 7.13. The highest BCUT2D eigenvalue weighted by atomic mass is 32.1. The number of thiazole rings is 1. The second kappa shape index (κ2) is 11.6. The number of Topliss-reactive ketones (excluding diaryl/α,β-unsaturated/α-hetero) is 1. The van der Waals surface area contributed by atoms with E-state index >= 15 is 0 Å². The van der Waals surface area contributed by atoms with E-state index in [1.807, 2.05) is 52.0 Å². The number of nitrogens with zero attached hydrogens (tertiary/aromatic N) is 2. The predicted molar refractivity (Wildman–Crippen MR) is 148 cm³/mol. The zero-order valence-electron chi connectivity index (χ0n) is 23.4. The van der Waals surface area contributed by atoms with E-state index in [0.29, 0.717) is 5.69 Å². The fourth-order valence-electron chi connectivity index (χ4n) is 4.66. The normalized spacial score (nSPS) is 19.8. The molecule has 0 radical (unpaired) electrons. The lowest BCUT2D eigenvalue weighted by Gasteiger charge is -2.36. The van der Waals surface area contributed by atoms with E-state index in [-0.39, 0.29) is 49.5 Å². The van der Waals surface area contributed by atoms with Crippen LogP contribution in [0.2, 0.25) is 0 Å². The molecule has 1 aromatic heterocycles. The quantitative estimate of drug-likeness (QED) is 0.465. The molecule has 1 fully saturated rings. The molecule has 1 saturated heterocycles. The number of carbonyl (C=O) groups excluding carboxylic acids is 3. The molecular weight excluding hydrogens is 502 g/mol. The van der Waals surface area contributed by atoms with Crippen molar-refractivity contribution in [1.29, 1.82) is 0 Å². The molecule has 38 heavy (non-hydrogen) atoms. The Morgan fingerprint density at radius 2 is 1.76 bits per heavy atom. The van der Waals surface area contributed by atoms with Crippen LogP contribution in [0.4, 0.5) is 0 Å². The van der Waals surface area contributed by atoms with Crippen LogP contribution in [0.25, 0.3) is 10.4 Å². The summed E-state index contributed by atoms with van der Waals surface area (Å²) in [6.07, 6.45) is -0.380. The van der Waals surface area contributed by atoms with Gasteiger partial charge in [0.1, 0.15) is 6.04 Å². The molecule has 1 aromatic carbocycles. The van der Waals surface area contributed by atoms with Crippen molar-refractivity contribution in [1.82, 2.24) is 15.2 Å². The van der Waals surface area contributed by atoms with Gasteiger partial charge in [-0.25, -0.2) is 4.98 Å². The van der Waals surface area contributed by atoms with Gasteiger partial charge in [-0.1, -0.05) is 72.7 Å². The molecule has 1 aliphatic rings. The number of nitrogens with one attached hydrogen (secondary N) is 1. The number of hydrogen-bond acceptors (Lipinski definition) is 7. The third-order valence-corrected chi connectivity index (χ3v) is 7.96. The van der Waals surface area contributed by atoms with Crippen LogP contribution in [0.3, 0.4) is 0 Å². The highest BCUT2D eigenvalue weighted by Gasteiger charge is 2.45. The molecule has 1 aliphatic heterocycles. The van der Waals surface area contributed by atoms with Crippen molar-refractivity contribution in [3.8, 4) is 10.4 Å². The maximum absolute atomic E-state index is 13.7. The Morgan fingerprint density at radius 3 is 2.32 bits per heavy atom. The number of aliphatic hydroxyl groups is 2. The van der Waals surface area contributed by atoms with Crippen molar-refractivity contribution in [3.05, 3.63) is 41.0 Å². The summed E-state index contributed by atoms with van der Waals surface area (Å²) in [6.45, 7) is 12.9. The lowest BCUT2D eigenvalue weighted by Crippen LogP contribution is -2.58. The molecule has 3 rings (SSSR count). The predicted octanol–water partition coefficient (Wildman–Crippen LogP) is 3.90. The Kier molecular flexibility index (Phi) is 9.16. The zero-order chi connectivity index (χ0) is 28.4. The van der Waals surface area contributed by atoms with E-state index in [4.69, 9.17) is 0 Å². The van der Waals surface area contributed by atoms with Gasteiger partial charge >= 0.3 is 0 Å². The van der Waals surface area contributed by atoms with Crippen LogP contribution in [-0.2, 0) is 21.0 Å². The minimum atomic E-state index is -0.824. The van der Waals surface area contributed by atoms with Gasteiger partial charge in [-0.2, -0.15) is 0 Å². The number of benzene rings is 1. The molecule has 0 saturated carbocycles. The van der Waals surface area contributed by atoms with E-state index in [0.717, 1.165) is 16.0 Å². The summed E-state index contributed by atoms with van der Waals surface area (Å²) in [5.74, 6) is -0.781. The molecule has 4 atom stereocenters. The monoisotopic (exact) mass is 543 g/mol. The summed E-state index contributed by atoms with van der Waals surface area (Å²) in [5.41, 5.74) is 3.04. The van der Waals surface area contributed by atoms with Crippen LogP contribution in [0.1, 0.15) is 78.5 Å². The SMILES string of the molecule is CC(CC(=O)C1CC(O)CN1C(=O)C(NC(=O)C(C)(C)C)C(C)(C)C)c1ccc(-c2scnc2CO)cc1. The maximum Gasteiger partial charge on any atom is 0.246 e. The number of hydrogen-bond donors (Lipinski definition) is 3. The van der Waals surface area contributed by atoms with E-state index in [9.17, 15) is 24.6 Å². The first-order valence-electron chi connectivity index (χ1n) is 13.1. The minimum absolute atomic E-state index is 0.0678. The molecule has 2 heterocycles. The number of ketones is 1. The van der Waals surface area contributed by atoms with Crippen LogP contribution < -0.4 is 5.32 Å². The van der Waals surface area contributed by atoms with Gasteiger partial charge in [0.05, 0.1) is 34.8 Å². The van der Waals surface area contributed by atoms with Crippen molar-refractivity contribution in [2.75, 3.05) is 6.54 Å². The second-order valence-electron chi connectivity index (χ2n) is 12.4. The molecule has 0 spiro atoms. The van der Waals surface area contributed by atoms with Crippen molar-refractivity contribution in [2.45, 2.75) is 92.0 Å². The van der Waals surface area contributed by atoms with Crippen molar-refractivity contribution in [2.24, 2.45) is 10.8 Å². The molecule has 2 amide bonds. The summed E-state index contributed by atoms with van der Waals surface area (Å²) in [4.78, 5) is 46.5. The number of likely N-dealkylation sites (tertiary alicyclic amines) is 1. The third kappa shape index (κ3) is 6.87. The first-order chi connectivity index (χ1) is 17.6. The van der Waals surface area contributed by atoms with Crippen LogP contribution in [0.15, 0.2) is 29.8 Å². The Hall–Kier alpha value is -2.62. The average Bonchev–Trinajstić information content (AvgIpc) is 3.47. The molecule has 4 unspecified atom stereocenters. The Labute approximate surface area is 229 Å². The van der Waals surface area contributed by atoms with E-state index in [1.54, 1.807) is 26.3 Å². The smallest absolute Gasteiger partial charge is 0.246 e. The van der Waals surface area contributed by atoms with Crippen molar-refractivity contribution >= 4 is 28.9 Å². The summed E-state index contributed by atoms with van der Waals surface area (Å²) >= 11 is 1.47. The summed E-state index contributed by atoms with van der Waals surface area (Å²) in [6, 6.07) is 6.31. The van der Waals surface area contributed by atoms with Gasteiger partial charge in [0.15, 0.2) is 5.78 Å². The molecule has 0 aliphatic carbocycles. The van der Waals surface area contributed by atoms with Gasteiger partial charge < -0.3 is 20.4 Å². The summed E-state index contributed by atoms with van der Waals surface area (Å²) in [5, 5.41) is 22.8. The Morgan fingerprint density at radius 1 is 1.13 bits per heavy atom. The molecule has 8 nitrogen and oxygen atoms in total. The number of aromatic nitrogens is 1. The number of amides is 2. The van der Waals surface area contributed by atoms with Gasteiger partial charge in [-0.3, -0.25) is 14.4 Å². The molecule has 3 N–H and O–H groups in total. The standard InChI is InChI=1S/C29H41N3O5S/c1-17(18-8-10-19(11-9-18)24-21(15-33)30-16-38-24)12-23(35)22-13-20(34)14-32(22)26(36)25(28(2,3)4)31-27(37)29(5,6)7/h8-11,16-17,20,22,25,33-34H,12-15H2,1-7H3,(H,31,37). The first kappa shape index (κ1) is 29.9. The van der Waals surface area contributed by atoms with Gasteiger partial charge in [0.25, 0.3) is 0 Å². The molecular formula is C29H41N3O5S. The highest BCUT2D eigenvalue weighted by Crippen LogP contribution is 2.32. The Balaban J connectivity index is 1.74. The number of aliphatic hydroxyl groups excluding tert-OH is 2. The van der Waals surface area contributed by atoms with Crippen LogP contribution in [-0.4, -0.2) is 62.4 Å². The third-order valence-electron chi connectivity index (χ3n) is 7.04. The summed E-state index contributed by atoms with van der Waals surface area (Å²) in [7, 11) is 0. The average molecular weight is 544 g/mol. The number of β-amino-alcohol motifs (C(OH)–C–C–N with tert-alkyl or cyclic N) is 1. The van der Waals surface area contributed by atoms with Gasteiger partial charge in [0, 0.05) is 24.8 Å². The topological polar surface area (TPSA) is 120 Å². The van der Waals surface area contributed by atoms with E-state index in [1.165, 1.54) is 16.2 Å². The largest absolute Gasteiger partial charge is 0.391 e. The number of carbonyl (C=O) groups is 3. The number of rotatable bonds is 8. The van der Waals surface area contributed by atoms with E-state index < -0.39 is 29.0 Å².